The van der Waals surface area contributed by atoms with Crippen LogP contribution < -0.4 is 10.2 Å². The van der Waals surface area contributed by atoms with Crippen molar-refractivity contribution >= 4 is 37.0 Å². The summed E-state index contributed by atoms with van der Waals surface area (Å²) < 4.78 is 46.2. The van der Waals surface area contributed by atoms with Gasteiger partial charge < -0.3 is 10.2 Å². The molecule has 1 atom stereocenters. The van der Waals surface area contributed by atoms with E-state index >= 15 is 0 Å². The molecule has 0 aliphatic carbocycles. The Morgan fingerprint density at radius 2 is 2.07 bits per heavy atom. The van der Waals surface area contributed by atoms with Crippen LogP contribution in [-0.2, 0) is 24.5 Å². The molecule has 2 rings (SSSR count). The van der Waals surface area contributed by atoms with E-state index < -0.39 is 42.2 Å². The molecule has 1 N–H and O–H groups in total. The lowest BCUT2D eigenvalue weighted by molar-refractivity contribution is -0.384. The van der Waals surface area contributed by atoms with E-state index in [0.717, 1.165) is 12.3 Å². The third-order valence-electron chi connectivity index (χ3n) is 4.23. The fourth-order valence-corrected chi connectivity index (χ4v) is 5.18. The number of hydrogen-bond donors (Lipinski definition) is 1. The van der Waals surface area contributed by atoms with E-state index in [9.17, 15) is 31.7 Å². The maximum absolute atomic E-state index is 12.2. The number of anilines is 1. The summed E-state index contributed by atoms with van der Waals surface area (Å²) in [7, 11) is -6.76. The molecule has 0 spiro atoms. The lowest BCUT2D eigenvalue weighted by atomic mass is 10.2. The molecule has 150 valence electrons. The number of amides is 1. The van der Waals surface area contributed by atoms with Crippen molar-refractivity contribution in [1.29, 1.82) is 0 Å². The zero-order valence-corrected chi connectivity index (χ0v) is 16.5. The van der Waals surface area contributed by atoms with Crippen LogP contribution in [0.2, 0.25) is 0 Å². The zero-order valence-electron chi connectivity index (χ0n) is 14.9. The number of rotatable bonds is 7. The summed E-state index contributed by atoms with van der Waals surface area (Å²) in [6, 6.07) is 3.05. The van der Waals surface area contributed by atoms with Crippen LogP contribution in [0.4, 0.5) is 11.4 Å². The Labute approximate surface area is 157 Å². The summed E-state index contributed by atoms with van der Waals surface area (Å²) in [6.07, 6.45) is 1.29. The van der Waals surface area contributed by atoms with Crippen molar-refractivity contribution in [2.75, 3.05) is 35.8 Å². The van der Waals surface area contributed by atoms with Gasteiger partial charge in [-0.2, -0.15) is 0 Å². The number of hydrogen-bond acceptors (Lipinski definition) is 8. The van der Waals surface area contributed by atoms with E-state index in [2.05, 4.69) is 5.32 Å². The average Bonchev–Trinajstić information content (AvgIpc) is 2.89. The summed E-state index contributed by atoms with van der Waals surface area (Å²) >= 11 is 0. The van der Waals surface area contributed by atoms with E-state index in [0.29, 0.717) is 6.42 Å². The Bertz CT molecular complexity index is 958. The molecule has 1 aromatic rings. The van der Waals surface area contributed by atoms with E-state index in [-0.39, 0.29) is 35.2 Å². The molecule has 10 nitrogen and oxygen atoms in total. The molecule has 0 saturated carbocycles. The standard InChI is InChI=1S/C15H21N3O7S2/c1-3-17(9-15(19)16-11-6-7-27(24,25)10-11)13-5-4-12(26(2,22)23)8-14(13)18(20)21/h4-5,8,11H,3,6-7,9-10H2,1-2H3,(H,16,19)/t11-/m0/s1. The third-order valence-corrected chi connectivity index (χ3v) is 7.10. The Hall–Kier alpha value is -2.21. The number of carbonyl (C=O) groups is 1. The Balaban J connectivity index is 2.21. The first kappa shape index (κ1) is 21.1. The van der Waals surface area contributed by atoms with Crippen molar-refractivity contribution in [1.82, 2.24) is 5.32 Å². The van der Waals surface area contributed by atoms with Gasteiger partial charge in [0.2, 0.25) is 5.91 Å². The first-order valence-electron chi connectivity index (χ1n) is 8.16. The van der Waals surface area contributed by atoms with Crippen LogP contribution in [0.1, 0.15) is 13.3 Å². The van der Waals surface area contributed by atoms with Crippen LogP contribution in [0, 0.1) is 10.1 Å². The second kappa shape index (κ2) is 7.80. The minimum absolute atomic E-state index is 0.0217. The van der Waals surface area contributed by atoms with Gasteiger partial charge >= 0.3 is 0 Å². The van der Waals surface area contributed by atoms with Gasteiger partial charge in [0.1, 0.15) is 5.69 Å². The Morgan fingerprint density at radius 1 is 1.41 bits per heavy atom. The molecular formula is C15H21N3O7S2. The molecule has 0 bridgehead atoms. The summed E-state index contributed by atoms with van der Waals surface area (Å²) in [5.41, 5.74) is -0.305. The number of benzene rings is 1. The van der Waals surface area contributed by atoms with Gasteiger partial charge in [0.25, 0.3) is 5.69 Å². The molecule has 0 radical (unpaired) electrons. The largest absolute Gasteiger partial charge is 0.357 e. The number of sulfone groups is 2. The SMILES string of the molecule is CCN(CC(=O)N[C@H]1CCS(=O)(=O)C1)c1ccc(S(C)(=O)=O)cc1[N+](=O)[O-]. The van der Waals surface area contributed by atoms with Gasteiger partial charge in [-0.3, -0.25) is 14.9 Å². The Kier molecular flexibility index (Phi) is 6.10. The van der Waals surface area contributed by atoms with E-state index in [1.807, 2.05) is 0 Å². The van der Waals surface area contributed by atoms with Gasteiger partial charge in [-0.15, -0.1) is 0 Å². The first-order valence-corrected chi connectivity index (χ1v) is 11.9. The van der Waals surface area contributed by atoms with Gasteiger partial charge in [0.15, 0.2) is 19.7 Å². The fraction of sp³-hybridized carbons (Fsp3) is 0.533. The smallest absolute Gasteiger partial charge is 0.293 e. The number of nitrogens with one attached hydrogen (secondary N) is 1. The summed E-state index contributed by atoms with van der Waals surface area (Å²) in [6.45, 7) is 1.74. The van der Waals surface area contributed by atoms with Gasteiger partial charge in [-0.25, -0.2) is 16.8 Å². The predicted octanol–water partition coefficient (Wildman–Crippen LogP) is 0.128. The molecular weight excluding hydrogens is 398 g/mol. The highest BCUT2D eigenvalue weighted by atomic mass is 32.2. The van der Waals surface area contributed by atoms with Crippen LogP contribution >= 0.6 is 0 Å². The predicted molar refractivity (Wildman–Crippen MR) is 99.3 cm³/mol. The highest BCUT2D eigenvalue weighted by Crippen LogP contribution is 2.30. The van der Waals surface area contributed by atoms with Crippen LogP contribution in [0.15, 0.2) is 23.1 Å². The van der Waals surface area contributed by atoms with Gasteiger partial charge in [-0.05, 0) is 25.5 Å². The molecule has 1 fully saturated rings. The van der Waals surface area contributed by atoms with E-state index in [1.54, 1.807) is 6.92 Å². The topological polar surface area (TPSA) is 144 Å². The number of nitrogens with zero attached hydrogens (tertiary/aromatic N) is 2. The molecule has 27 heavy (non-hydrogen) atoms. The monoisotopic (exact) mass is 419 g/mol. The van der Waals surface area contributed by atoms with Crippen LogP contribution in [0.3, 0.4) is 0 Å². The minimum Gasteiger partial charge on any atom is -0.357 e. The molecule has 12 heteroatoms. The van der Waals surface area contributed by atoms with Crippen LogP contribution in [0.5, 0.6) is 0 Å². The van der Waals surface area contributed by atoms with Crippen molar-refractivity contribution in [3.05, 3.63) is 28.3 Å². The molecule has 1 aliphatic rings. The zero-order chi connectivity index (χ0) is 20.4. The maximum Gasteiger partial charge on any atom is 0.293 e. The van der Waals surface area contributed by atoms with Crippen molar-refractivity contribution in [2.45, 2.75) is 24.3 Å². The number of nitro groups is 1. The van der Waals surface area contributed by atoms with Gasteiger partial charge in [0.05, 0.1) is 27.9 Å². The lowest BCUT2D eigenvalue weighted by Gasteiger charge is -2.23. The van der Waals surface area contributed by atoms with Crippen molar-refractivity contribution in [3.8, 4) is 0 Å². The molecule has 1 saturated heterocycles. The lowest BCUT2D eigenvalue weighted by Crippen LogP contribution is -2.42. The molecule has 1 heterocycles. The Morgan fingerprint density at radius 3 is 2.56 bits per heavy atom. The molecule has 1 aromatic carbocycles. The average molecular weight is 419 g/mol. The van der Waals surface area contributed by atoms with Gasteiger partial charge in [-0.1, -0.05) is 0 Å². The number of nitro benzene ring substituents is 1. The number of likely N-dealkylation sites (N-methyl/N-ethyl adjacent to an activating group) is 1. The highest BCUT2D eigenvalue weighted by Gasteiger charge is 2.30. The molecule has 1 aliphatic heterocycles. The third kappa shape index (κ3) is 5.39. The molecule has 0 aromatic heterocycles. The normalized spacial score (nSPS) is 18.8. The summed E-state index contributed by atoms with van der Waals surface area (Å²) in [5.74, 6) is -0.553. The summed E-state index contributed by atoms with van der Waals surface area (Å²) in [5, 5.41) is 14.0. The van der Waals surface area contributed by atoms with E-state index in [4.69, 9.17) is 0 Å². The molecule has 0 unspecified atom stereocenters. The highest BCUT2D eigenvalue weighted by molar-refractivity contribution is 7.91. The van der Waals surface area contributed by atoms with Crippen LogP contribution in [0.25, 0.3) is 0 Å². The maximum atomic E-state index is 12.2. The second-order valence-electron chi connectivity index (χ2n) is 6.36. The van der Waals surface area contributed by atoms with Gasteiger partial charge in [0, 0.05) is 24.9 Å². The fourth-order valence-electron chi connectivity index (χ4n) is 2.87. The van der Waals surface area contributed by atoms with Crippen molar-refractivity contribution in [3.63, 3.8) is 0 Å². The van der Waals surface area contributed by atoms with Crippen LogP contribution in [-0.4, -0.2) is 64.6 Å². The number of carbonyl (C=O) groups excluding carboxylic acids is 1. The van der Waals surface area contributed by atoms with Crippen molar-refractivity contribution in [2.24, 2.45) is 0 Å². The quantitative estimate of drug-likeness (QED) is 0.485. The van der Waals surface area contributed by atoms with E-state index in [1.165, 1.54) is 17.0 Å². The minimum atomic E-state index is -3.62. The van der Waals surface area contributed by atoms with Crippen molar-refractivity contribution < 1.29 is 26.6 Å². The summed E-state index contributed by atoms with van der Waals surface area (Å²) in [4.78, 5) is 24.2. The molecule has 1 amide bonds. The first-order chi connectivity index (χ1) is 12.4. The second-order valence-corrected chi connectivity index (χ2v) is 10.6.